The van der Waals surface area contributed by atoms with Gasteiger partial charge >= 0.3 is 12.1 Å². The molecule has 0 unspecified atom stereocenters. The van der Waals surface area contributed by atoms with Gasteiger partial charge in [0.2, 0.25) is 0 Å². The van der Waals surface area contributed by atoms with E-state index in [1.54, 1.807) is 31.2 Å². The molecule has 0 saturated heterocycles. The Balaban J connectivity index is 2.15. The van der Waals surface area contributed by atoms with Crippen LogP contribution in [-0.4, -0.2) is 24.5 Å². The Kier molecular flexibility index (Phi) is 7.74. The lowest BCUT2D eigenvalue weighted by Gasteiger charge is -2.14. The molecule has 0 heterocycles. The summed E-state index contributed by atoms with van der Waals surface area (Å²) in [5.74, 6) is -2.09. The van der Waals surface area contributed by atoms with Gasteiger partial charge in [-0.3, -0.25) is 0 Å². The second kappa shape index (κ2) is 9.82. The van der Waals surface area contributed by atoms with Gasteiger partial charge in [0.25, 0.3) is 0 Å². The maximum atomic E-state index is 14.2. The maximum absolute atomic E-state index is 14.2. The Bertz CT molecular complexity index is 824. The number of ether oxygens (including phenoxy) is 1. The van der Waals surface area contributed by atoms with Crippen LogP contribution in [-0.2, 0) is 11.3 Å². The van der Waals surface area contributed by atoms with Crippen molar-refractivity contribution >= 4 is 23.4 Å². The van der Waals surface area contributed by atoms with Crippen molar-refractivity contribution in [3.05, 3.63) is 58.9 Å². The van der Waals surface area contributed by atoms with Gasteiger partial charge < -0.3 is 10.1 Å². The summed E-state index contributed by atoms with van der Waals surface area (Å²) < 4.78 is 56.8. The average molecular weight is 415 g/mol. The SMILES string of the molecule is CCCOC(=O)c1ccccc1CNc1cc(SCC(F)(F)F)c(C)cc1F. The zero-order chi connectivity index (χ0) is 20.7. The highest BCUT2D eigenvalue weighted by atomic mass is 32.2. The Labute approximate surface area is 165 Å². The molecular weight excluding hydrogens is 394 g/mol. The smallest absolute Gasteiger partial charge is 0.398 e. The van der Waals surface area contributed by atoms with E-state index in [-0.39, 0.29) is 12.2 Å². The summed E-state index contributed by atoms with van der Waals surface area (Å²) in [5.41, 5.74) is 1.48. The van der Waals surface area contributed by atoms with Crippen LogP contribution in [0, 0.1) is 12.7 Å². The second-order valence-electron chi connectivity index (χ2n) is 6.15. The molecule has 0 bridgehead atoms. The van der Waals surface area contributed by atoms with Gasteiger partial charge in [0.1, 0.15) is 5.82 Å². The minimum atomic E-state index is -4.31. The fourth-order valence-corrected chi connectivity index (χ4v) is 3.25. The molecule has 0 aliphatic heterocycles. The summed E-state index contributed by atoms with van der Waals surface area (Å²) >= 11 is 0.610. The molecule has 0 atom stereocenters. The Morgan fingerprint density at radius 1 is 1.21 bits per heavy atom. The zero-order valence-corrected chi connectivity index (χ0v) is 16.3. The van der Waals surface area contributed by atoms with Crippen molar-refractivity contribution in [2.45, 2.75) is 37.9 Å². The third kappa shape index (κ3) is 6.44. The van der Waals surface area contributed by atoms with Crippen LogP contribution in [0.2, 0.25) is 0 Å². The van der Waals surface area contributed by atoms with Gasteiger partial charge in [0.15, 0.2) is 0 Å². The van der Waals surface area contributed by atoms with Crippen LogP contribution in [0.5, 0.6) is 0 Å². The molecule has 2 aromatic rings. The zero-order valence-electron chi connectivity index (χ0n) is 15.5. The first-order valence-electron chi connectivity index (χ1n) is 8.70. The number of halogens is 4. The molecule has 2 aromatic carbocycles. The van der Waals surface area contributed by atoms with E-state index in [1.165, 1.54) is 12.1 Å². The van der Waals surface area contributed by atoms with Crippen molar-refractivity contribution in [3.63, 3.8) is 0 Å². The van der Waals surface area contributed by atoms with Crippen LogP contribution in [0.4, 0.5) is 23.2 Å². The molecule has 0 saturated carbocycles. The standard InChI is InChI=1S/C20H21F4NO2S/c1-3-8-27-19(26)15-7-5-4-6-14(15)11-25-17-10-18(13(2)9-16(17)21)28-12-20(22,23)24/h4-7,9-10,25H,3,8,11-12H2,1-2H3. The van der Waals surface area contributed by atoms with Crippen molar-refractivity contribution in [2.75, 3.05) is 17.7 Å². The van der Waals surface area contributed by atoms with E-state index in [9.17, 15) is 22.4 Å². The van der Waals surface area contributed by atoms with E-state index in [0.29, 0.717) is 46.4 Å². The third-order valence-corrected chi connectivity index (χ3v) is 5.02. The first-order chi connectivity index (χ1) is 13.2. The molecule has 8 heteroatoms. The van der Waals surface area contributed by atoms with E-state index in [0.717, 1.165) is 0 Å². The number of hydrogen-bond acceptors (Lipinski definition) is 4. The van der Waals surface area contributed by atoms with Crippen molar-refractivity contribution in [1.29, 1.82) is 0 Å². The van der Waals surface area contributed by atoms with E-state index in [2.05, 4.69) is 5.32 Å². The third-order valence-electron chi connectivity index (χ3n) is 3.80. The first kappa shape index (κ1) is 22.1. The van der Waals surface area contributed by atoms with Crippen molar-refractivity contribution < 1.29 is 27.1 Å². The minimum Gasteiger partial charge on any atom is -0.462 e. The monoisotopic (exact) mass is 415 g/mol. The molecule has 3 nitrogen and oxygen atoms in total. The molecule has 0 amide bonds. The van der Waals surface area contributed by atoms with Crippen LogP contribution in [0.25, 0.3) is 0 Å². The summed E-state index contributed by atoms with van der Waals surface area (Å²) in [5, 5.41) is 2.87. The number of alkyl halides is 3. The molecule has 0 radical (unpaired) electrons. The van der Waals surface area contributed by atoms with Gasteiger partial charge in [-0.2, -0.15) is 13.2 Å². The number of rotatable bonds is 8. The predicted molar refractivity (Wildman–Crippen MR) is 102 cm³/mol. The summed E-state index contributed by atoms with van der Waals surface area (Å²) in [6.07, 6.45) is -3.62. The van der Waals surface area contributed by atoms with E-state index < -0.39 is 23.7 Å². The number of thioether (sulfide) groups is 1. The number of carbonyl (C=O) groups is 1. The van der Waals surface area contributed by atoms with Gasteiger partial charge in [-0.15, -0.1) is 11.8 Å². The normalized spacial score (nSPS) is 11.4. The minimum absolute atomic E-state index is 0.0759. The Hall–Kier alpha value is -2.22. The fraction of sp³-hybridized carbons (Fsp3) is 0.350. The number of hydrogen-bond donors (Lipinski definition) is 1. The molecule has 0 spiro atoms. The van der Waals surface area contributed by atoms with Gasteiger partial charge in [0.05, 0.1) is 23.6 Å². The largest absolute Gasteiger partial charge is 0.462 e. The topological polar surface area (TPSA) is 38.3 Å². The summed E-state index contributed by atoms with van der Waals surface area (Å²) in [7, 11) is 0. The van der Waals surface area contributed by atoms with Crippen LogP contribution in [0.15, 0.2) is 41.3 Å². The molecule has 28 heavy (non-hydrogen) atoms. The van der Waals surface area contributed by atoms with E-state index in [4.69, 9.17) is 4.74 Å². The molecule has 0 aromatic heterocycles. The van der Waals surface area contributed by atoms with Crippen molar-refractivity contribution in [1.82, 2.24) is 0 Å². The predicted octanol–water partition coefficient (Wildman–Crippen LogP) is 5.97. The van der Waals surface area contributed by atoms with Crippen molar-refractivity contribution in [2.24, 2.45) is 0 Å². The molecule has 0 aliphatic carbocycles. The summed E-state index contributed by atoms with van der Waals surface area (Å²) in [6.45, 7) is 3.87. The molecule has 0 aliphatic rings. The lowest BCUT2D eigenvalue weighted by Crippen LogP contribution is -2.12. The maximum Gasteiger partial charge on any atom is 0.398 e. The number of benzene rings is 2. The number of esters is 1. The first-order valence-corrected chi connectivity index (χ1v) is 9.68. The quantitative estimate of drug-likeness (QED) is 0.328. The molecule has 152 valence electrons. The average Bonchev–Trinajstić information content (AvgIpc) is 2.64. The van der Waals surface area contributed by atoms with E-state index in [1.807, 2.05) is 6.92 Å². The number of nitrogens with one attached hydrogen (secondary N) is 1. The van der Waals surface area contributed by atoms with E-state index >= 15 is 0 Å². The van der Waals surface area contributed by atoms with Crippen LogP contribution in [0.1, 0.15) is 34.8 Å². The number of aryl methyl sites for hydroxylation is 1. The Morgan fingerprint density at radius 3 is 2.61 bits per heavy atom. The second-order valence-corrected chi connectivity index (χ2v) is 7.17. The molecular formula is C20H21F4NO2S. The lowest BCUT2D eigenvalue weighted by atomic mass is 10.1. The lowest BCUT2D eigenvalue weighted by molar-refractivity contribution is -0.105. The van der Waals surface area contributed by atoms with Crippen LogP contribution in [0.3, 0.4) is 0 Å². The Morgan fingerprint density at radius 2 is 1.93 bits per heavy atom. The van der Waals surface area contributed by atoms with Crippen LogP contribution < -0.4 is 5.32 Å². The van der Waals surface area contributed by atoms with Crippen LogP contribution >= 0.6 is 11.8 Å². The molecule has 2 rings (SSSR count). The number of anilines is 1. The van der Waals surface area contributed by atoms with Gasteiger partial charge in [-0.25, -0.2) is 9.18 Å². The highest BCUT2D eigenvalue weighted by Gasteiger charge is 2.27. The van der Waals surface area contributed by atoms with Crippen molar-refractivity contribution in [3.8, 4) is 0 Å². The van der Waals surface area contributed by atoms with Gasteiger partial charge in [-0.1, -0.05) is 25.1 Å². The molecule has 1 N–H and O–H groups in total. The highest BCUT2D eigenvalue weighted by molar-refractivity contribution is 7.99. The van der Waals surface area contributed by atoms with Gasteiger partial charge in [-0.05, 0) is 42.7 Å². The number of carbonyl (C=O) groups excluding carboxylic acids is 1. The fourth-order valence-electron chi connectivity index (χ4n) is 2.44. The van der Waals surface area contributed by atoms with Gasteiger partial charge in [0, 0.05) is 11.4 Å². The molecule has 0 fully saturated rings. The summed E-state index contributed by atoms with van der Waals surface area (Å²) in [6, 6.07) is 9.32. The summed E-state index contributed by atoms with van der Waals surface area (Å²) in [4.78, 5) is 12.5. The highest BCUT2D eigenvalue weighted by Crippen LogP contribution is 2.32.